The Morgan fingerprint density at radius 3 is 2.31 bits per heavy atom. The van der Waals surface area contributed by atoms with Crippen molar-refractivity contribution < 1.29 is 14.6 Å². The minimum Gasteiger partial charge on any atom is -0.492 e. The van der Waals surface area contributed by atoms with Crippen molar-refractivity contribution in [3.05, 3.63) is 59.2 Å². The minimum absolute atomic E-state index is 0.349. The number of nitrogens with zero attached hydrogens (tertiary/aromatic N) is 2. The molecule has 0 aromatic heterocycles. The standard InChI is InChI=1S/C30H46N2O3/c1-23(2)32(24(3)4)18-19-34-28-11-9-27(10-12-28)21-31-16-7-14-30(33,15-17-31)22-35-29-13-8-25(5)20-26(29)6/h8-13,20,23-24,33H,7,14-19,21-22H2,1-6H3/t30-/m1/s1. The molecule has 1 saturated heterocycles. The average Bonchev–Trinajstić information content (AvgIpc) is 2.98. The molecule has 1 aliphatic rings. The first-order chi connectivity index (χ1) is 16.6. The lowest BCUT2D eigenvalue weighted by Gasteiger charge is -2.30. The van der Waals surface area contributed by atoms with E-state index in [1.54, 1.807) is 0 Å². The normalized spacial score (nSPS) is 19.4. The molecule has 1 atom stereocenters. The Kier molecular flexibility index (Phi) is 10.0. The van der Waals surface area contributed by atoms with Crippen LogP contribution in [0.25, 0.3) is 0 Å². The smallest absolute Gasteiger partial charge is 0.122 e. The van der Waals surface area contributed by atoms with Gasteiger partial charge in [0.25, 0.3) is 0 Å². The molecule has 0 radical (unpaired) electrons. The number of hydrogen-bond acceptors (Lipinski definition) is 5. The maximum absolute atomic E-state index is 11.2. The summed E-state index contributed by atoms with van der Waals surface area (Å²) in [7, 11) is 0. The molecule has 0 bridgehead atoms. The highest BCUT2D eigenvalue weighted by Gasteiger charge is 2.31. The predicted molar refractivity (Wildman–Crippen MR) is 144 cm³/mol. The minimum atomic E-state index is -0.774. The Hall–Kier alpha value is -2.08. The van der Waals surface area contributed by atoms with Crippen molar-refractivity contribution in [2.75, 3.05) is 32.8 Å². The van der Waals surface area contributed by atoms with E-state index in [1.165, 1.54) is 11.1 Å². The van der Waals surface area contributed by atoms with Crippen LogP contribution in [-0.4, -0.2) is 65.4 Å². The summed E-state index contributed by atoms with van der Waals surface area (Å²) in [6.07, 6.45) is 2.46. The highest BCUT2D eigenvalue weighted by Crippen LogP contribution is 2.27. The van der Waals surface area contributed by atoms with E-state index in [2.05, 4.69) is 87.7 Å². The van der Waals surface area contributed by atoms with Crippen LogP contribution in [0.1, 0.15) is 63.6 Å². The number of hydrogen-bond donors (Lipinski definition) is 1. The second kappa shape index (κ2) is 12.8. The van der Waals surface area contributed by atoms with Gasteiger partial charge in [-0.2, -0.15) is 0 Å². The van der Waals surface area contributed by atoms with Crippen molar-refractivity contribution >= 4 is 0 Å². The molecule has 1 heterocycles. The SMILES string of the molecule is Cc1ccc(OC[C@@]2(O)CCCN(Cc3ccc(OCCN(C(C)C)C(C)C)cc3)CC2)c(C)c1. The molecule has 5 nitrogen and oxygen atoms in total. The van der Waals surface area contributed by atoms with Crippen molar-refractivity contribution in [3.8, 4) is 11.5 Å². The van der Waals surface area contributed by atoms with Crippen molar-refractivity contribution in [1.29, 1.82) is 0 Å². The molecule has 35 heavy (non-hydrogen) atoms. The van der Waals surface area contributed by atoms with Crippen molar-refractivity contribution in [2.45, 2.75) is 85.0 Å². The first kappa shape index (κ1) is 27.5. The third-order valence-electron chi connectivity index (χ3n) is 7.11. The van der Waals surface area contributed by atoms with Crippen LogP contribution in [0.15, 0.2) is 42.5 Å². The van der Waals surface area contributed by atoms with Crippen LogP contribution in [0.4, 0.5) is 0 Å². The molecule has 194 valence electrons. The van der Waals surface area contributed by atoms with Gasteiger partial charge in [0.05, 0.1) is 5.60 Å². The number of likely N-dealkylation sites (tertiary alicyclic amines) is 1. The lowest BCUT2D eigenvalue weighted by atomic mass is 9.96. The van der Waals surface area contributed by atoms with Crippen LogP contribution in [0, 0.1) is 13.8 Å². The van der Waals surface area contributed by atoms with Crippen LogP contribution in [-0.2, 0) is 6.54 Å². The predicted octanol–water partition coefficient (Wildman–Crippen LogP) is 5.60. The van der Waals surface area contributed by atoms with Gasteiger partial charge in [-0.05, 0) is 96.7 Å². The zero-order chi connectivity index (χ0) is 25.4. The fraction of sp³-hybridized carbons (Fsp3) is 0.600. The molecule has 2 aromatic rings. The molecule has 0 aliphatic carbocycles. The van der Waals surface area contributed by atoms with Gasteiger partial charge in [0.1, 0.15) is 24.7 Å². The Morgan fingerprint density at radius 1 is 0.943 bits per heavy atom. The highest BCUT2D eigenvalue weighted by molar-refractivity contribution is 5.35. The lowest BCUT2D eigenvalue weighted by molar-refractivity contribution is -0.0170. The molecule has 0 amide bonds. The van der Waals surface area contributed by atoms with Gasteiger partial charge >= 0.3 is 0 Å². The van der Waals surface area contributed by atoms with E-state index >= 15 is 0 Å². The Labute approximate surface area is 213 Å². The van der Waals surface area contributed by atoms with Crippen LogP contribution in [0.3, 0.4) is 0 Å². The van der Waals surface area contributed by atoms with Gasteiger partial charge in [-0.3, -0.25) is 9.80 Å². The number of aliphatic hydroxyl groups is 1. The Bertz CT molecular complexity index is 904. The molecule has 1 aliphatic heterocycles. The van der Waals surface area contributed by atoms with Gasteiger partial charge in [0.2, 0.25) is 0 Å². The van der Waals surface area contributed by atoms with E-state index in [9.17, 15) is 5.11 Å². The zero-order valence-electron chi connectivity index (χ0n) is 22.7. The van der Waals surface area contributed by atoms with E-state index in [4.69, 9.17) is 9.47 Å². The fourth-order valence-electron chi connectivity index (χ4n) is 5.04. The van der Waals surface area contributed by atoms with Gasteiger partial charge < -0.3 is 14.6 Å². The first-order valence-corrected chi connectivity index (χ1v) is 13.3. The van der Waals surface area contributed by atoms with Crippen LogP contribution in [0.5, 0.6) is 11.5 Å². The largest absolute Gasteiger partial charge is 0.492 e. The Morgan fingerprint density at radius 2 is 1.66 bits per heavy atom. The van der Waals surface area contributed by atoms with Gasteiger partial charge in [0, 0.05) is 31.7 Å². The summed E-state index contributed by atoms with van der Waals surface area (Å²) in [6.45, 7) is 17.8. The van der Waals surface area contributed by atoms with Gasteiger partial charge in [-0.25, -0.2) is 0 Å². The molecular weight excluding hydrogens is 436 g/mol. The van der Waals surface area contributed by atoms with Crippen molar-refractivity contribution in [3.63, 3.8) is 0 Å². The molecular formula is C30H46N2O3. The summed E-state index contributed by atoms with van der Waals surface area (Å²) in [6, 6.07) is 15.7. The molecule has 1 N–H and O–H groups in total. The number of benzene rings is 2. The second-order valence-electron chi connectivity index (χ2n) is 10.8. The van der Waals surface area contributed by atoms with Gasteiger partial charge in [-0.1, -0.05) is 29.8 Å². The van der Waals surface area contributed by atoms with E-state index < -0.39 is 5.60 Å². The van der Waals surface area contributed by atoms with Gasteiger partial charge in [-0.15, -0.1) is 0 Å². The maximum atomic E-state index is 11.2. The number of rotatable bonds is 11. The average molecular weight is 483 g/mol. The fourth-order valence-corrected chi connectivity index (χ4v) is 5.04. The van der Waals surface area contributed by atoms with E-state index in [0.717, 1.165) is 62.5 Å². The van der Waals surface area contributed by atoms with Crippen LogP contribution in [0.2, 0.25) is 0 Å². The molecule has 0 unspecified atom stereocenters. The summed E-state index contributed by atoms with van der Waals surface area (Å²) in [5, 5.41) is 11.2. The van der Waals surface area contributed by atoms with E-state index in [1.807, 2.05) is 6.07 Å². The first-order valence-electron chi connectivity index (χ1n) is 13.3. The van der Waals surface area contributed by atoms with Crippen molar-refractivity contribution in [1.82, 2.24) is 9.80 Å². The van der Waals surface area contributed by atoms with Gasteiger partial charge in [0.15, 0.2) is 0 Å². The summed E-state index contributed by atoms with van der Waals surface area (Å²) in [4.78, 5) is 4.88. The molecule has 2 aromatic carbocycles. The highest BCUT2D eigenvalue weighted by atomic mass is 16.5. The maximum Gasteiger partial charge on any atom is 0.122 e. The third kappa shape index (κ3) is 8.52. The van der Waals surface area contributed by atoms with Crippen LogP contribution < -0.4 is 9.47 Å². The lowest BCUT2D eigenvalue weighted by Crippen LogP contribution is -2.39. The summed E-state index contributed by atoms with van der Waals surface area (Å²) in [5.74, 6) is 1.79. The number of aryl methyl sites for hydroxylation is 2. The monoisotopic (exact) mass is 482 g/mol. The van der Waals surface area contributed by atoms with E-state index in [0.29, 0.717) is 25.3 Å². The van der Waals surface area contributed by atoms with Crippen molar-refractivity contribution in [2.24, 2.45) is 0 Å². The molecule has 1 fully saturated rings. The summed E-state index contributed by atoms with van der Waals surface area (Å²) in [5.41, 5.74) is 2.85. The summed E-state index contributed by atoms with van der Waals surface area (Å²) >= 11 is 0. The number of ether oxygens (including phenoxy) is 2. The quantitative estimate of drug-likeness (QED) is 0.452. The van der Waals surface area contributed by atoms with Crippen LogP contribution >= 0.6 is 0 Å². The topological polar surface area (TPSA) is 45.2 Å². The third-order valence-corrected chi connectivity index (χ3v) is 7.11. The van der Waals surface area contributed by atoms with E-state index in [-0.39, 0.29) is 0 Å². The molecule has 0 spiro atoms. The molecule has 5 heteroatoms. The summed E-state index contributed by atoms with van der Waals surface area (Å²) < 4.78 is 12.0. The second-order valence-corrected chi connectivity index (χ2v) is 10.8. The zero-order valence-corrected chi connectivity index (χ0v) is 22.7. The molecule has 3 rings (SSSR count). The molecule has 0 saturated carbocycles. The Balaban J connectivity index is 1.45.